The fourth-order valence-electron chi connectivity index (χ4n) is 3.97. The smallest absolute Gasteiger partial charge is 0.171 e. The van der Waals surface area contributed by atoms with E-state index in [0.29, 0.717) is 11.7 Å². The van der Waals surface area contributed by atoms with E-state index >= 15 is 0 Å². The number of hydrogen-bond acceptors (Lipinski definition) is 3. The third-order valence-corrected chi connectivity index (χ3v) is 7.10. The van der Waals surface area contributed by atoms with Crippen LogP contribution in [-0.4, -0.2) is 18.2 Å². The number of benzene rings is 3. The highest BCUT2D eigenvalue weighted by atomic mass is 32.2. The Balaban J connectivity index is 1.21. The van der Waals surface area contributed by atoms with Crippen LogP contribution in [0.2, 0.25) is 0 Å². The summed E-state index contributed by atoms with van der Waals surface area (Å²) in [6.07, 6.45) is 2.63. The maximum atomic E-state index is 5.49. The molecule has 2 N–H and O–H groups in total. The Morgan fingerprint density at radius 2 is 1.69 bits per heavy atom. The Labute approximate surface area is 201 Å². The number of anilines is 2. The molecular formula is C27H31N3S2. The molecule has 1 aliphatic rings. The molecule has 1 unspecified atom stereocenters. The Kier molecular flexibility index (Phi) is 8.07. The zero-order valence-electron chi connectivity index (χ0n) is 18.6. The van der Waals surface area contributed by atoms with Crippen LogP contribution in [-0.2, 0) is 12.3 Å². The second kappa shape index (κ2) is 11.4. The maximum Gasteiger partial charge on any atom is 0.171 e. The monoisotopic (exact) mass is 461 g/mol. The molecule has 5 heteroatoms. The predicted molar refractivity (Wildman–Crippen MR) is 143 cm³/mol. The first-order valence-electron chi connectivity index (χ1n) is 11.3. The standard InChI is InChI=1S/C27H31N3S2/c1-21-6-5-17-30(19-21)25-15-11-22(12-16-25)18-28-27(31)29-24-13-9-23(10-14-24)20-32-26-7-3-2-4-8-26/h2-4,7-16,21H,5-6,17-20H2,1H3,(H2,28,29,31). The average Bonchev–Trinajstić information content (AvgIpc) is 2.83. The van der Waals surface area contributed by atoms with Gasteiger partial charge in [0.1, 0.15) is 0 Å². The Morgan fingerprint density at radius 1 is 0.969 bits per heavy atom. The van der Waals surface area contributed by atoms with Crippen LogP contribution in [0.25, 0.3) is 0 Å². The van der Waals surface area contributed by atoms with Gasteiger partial charge in [-0.1, -0.05) is 49.4 Å². The molecular weight excluding hydrogens is 430 g/mol. The lowest BCUT2D eigenvalue weighted by Gasteiger charge is -2.32. The number of nitrogens with one attached hydrogen (secondary N) is 2. The van der Waals surface area contributed by atoms with Crippen molar-refractivity contribution in [3.05, 3.63) is 90.0 Å². The van der Waals surface area contributed by atoms with E-state index in [1.165, 1.54) is 41.1 Å². The normalized spacial score (nSPS) is 15.9. The van der Waals surface area contributed by atoms with Crippen LogP contribution in [0.1, 0.15) is 30.9 Å². The number of thioether (sulfide) groups is 1. The zero-order chi connectivity index (χ0) is 22.2. The van der Waals surface area contributed by atoms with Gasteiger partial charge in [0.25, 0.3) is 0 Å². The summed E-state index contributed by atoms with van der Waals surface area (Å²) in [7, 11) is 0. The van der Waals surface area contributed by atoms with Gasteiger partial charge in [-0.25, -0.2) is 0 Å². The Morgan fingerprint density at radius 3 is 2.41 bits per heavy atom. The van der Waals surface area contributed by atoms with Gasteiger partial charge in [-0.3, -0.25) is 0 Å². The molecule has 1 fully saturated rings. The van der Waals surface area contributed by atoms with Gasteiger partial charge in [0.2, 0.25) is 0 Å². The van der Waals surface area contributed by atoms with Crippen LogP contribution in [0.15, 0.2) is 83.8 Å². The van der Waals surface area contributed by atoms with E-state index in [0.717, 1.165) is 23.9 Å². The van der Waals surface area contributed by atoms with Crippen LogP contribution in [0.5, 0.6) is 0 Å². The molecule has 4 rings (SSSR count). The largest absolute Gasteiger partial charge is 0.371 e. The first kappa shape index (κ1) is 22.7. The molecule has 1 saturated heterocycles. The summed E-state index contributed by atoms with van der Waals surface area (Å²) >= 11 is 7.34. The molecule has 3 nitrogen and oxygen atoms in total. The Hall–Kier alpha value is -2.50. The van der Waals surface area contributed by atoms with Crippen molar-refractivity contribution >= 4 is 40.5 Å². The topological polar surface area (TPSA) is 27.3 Å². The summed E-state index contributed by atoms with van der Waals surface area (Å²) in [5.41, 5.74) is 4.86. The van der Waals surface area contributed by atoms with E-state index in [2.05, 4.69) is 95.3 Å². The maximum absolute atomic E-state index is 5.49. The highest BCUT2D eigenvalue weighted by Crippen LogP contribution is 2.24. The van der Waals surface area contributed by atoms with Crippen LogP contribution in [0.3, 0.4) is 0 Å². The fraction of sp³-hybridized carbons (Fsp3) is 0.296. The van der Waals surface area contributed by atoms with Gasteiger partial charge >= 0.3 is 0 Å². The summed E-state index contributed by atoms with van der Waals surface area (Å²) < 4.78 is 0. The van der Waals surface area contributed by atoms with E-state index < -0.39 is 0 Å². The van der Waals surface area contributed by atoms with E-state index in [4.69, 9.17) is 12.2 Å². The van der Waals surface area contributed by atoms with Gasteiger partial charge in [-0.15, -0.1) is 11.8 Å². The number of nitrogens with zero attached hydrogens (tertiary/aromatic N) is 1. The molecule has 0 bridgehead atoms. The van der Waals surface area contributed by atoms with E-state index in [1.54, 1.807) is 0 Å². The molecule has 0 radical (unpaired) electrons. The highest BCUT2D eigenvalue weighted by molar-refractivity contribution is 7.98. The van der Waals surface area contributed by atoms with Crippen molar-refractivity contribution in [2.45, 2.75) is 37.0 Å². The van der Waals surface area contributed by atoms with Gasteiger partial charge in [0.15, 0.2) is 5.11 Å². The Bertz CT molecular complexity index is 988. The van der Waals surface area contributed by atoms with E-state index in [1.807, 2.05) is 17.8 Å². The van der Waals surface area contributed by atoms with Crippen molar-refractivity contribution in [3.63, 3.8) is 0 Å². The summed E-state index contributed by atoms with van der Waals surface area (Å²) in [5, 5.41) is 7.25. The first-order valence-corrected chi connectivity index (χ1v) is 12.7. The zero-order valence-corrected chi connectivity index (χ0v) is 20.2. The van der Waals surface area contributed by atoms with Crippen molar-refractivity contribution in [1.82, 2.24) is 5.32 Å². The van der Waals surface area contributed by atoms with Gasteiger partial charge in [-0.05, 0) is 78.5 Å². The molecule has 0 aliphatic carbocycles. The minimum atomic E-state index is 0.644. The van der Waals surface area contributed by atoms with Crippen molar-refractivity contribution < 1.29 is 0 Å². The van der Waals surface area contributed by atoms with Crippen LogP contribution < -0.4 is 15.5 Å². The molecule has 166 valence electrons. The molecule has 1 atom stereocenters. The molecule has 32 heavy (non-hydrogen) atoms. The number of hydrogen-bond donors (Lipinski definition) is 2. The summed E-state index contributed by atoms with van der Waals surface area (Å²) in [5.74, 6) is 1.74. The van der Waals surface area contributed by atoms with E-state index in [9.17, 15) is 0 Å². The minimum Gasteiger partial charge on any atom is -0.371 e. The third-order valence-electron chi connectivity index (χ3n) is 5.77. The lowest BCUT2D eigenvalue weighted by molar-refractivity contribution is 0.447. The predicted octanol–water partition coefficient (Wildman–Crippen LogP) is 6.70. The van der Waals surface area contributed by atoms with E-state index in [-0.39, 0.29) is 0 Å². The molecule has 0 aromatic heterocycles. The molecule has 0 amide bonds. The molecule has 0 saturated carbocycles. The van der Waals surface area contributed by atoms with Gasteiger partial charge in [0, 0.05) is 41.7 Å². The SMILES string of the molecule is CC1CCCN(c2ccc(CNC(=S)Nc3ccc(CSc4ccccc4)cc3)cc2)C1. The second-order valence-electron chi connectivity index (χ2n) is 8.47. The van der Waals surface area contributed by atoms with Crippen molar-refractivity contribution in [2.75, 3.05) is 23.3 Å². The number of rotatable bonds is 7. The van der Waals surface area contributed by atoms with Crippen LogP contribution in [0, 0.1) is 5.92 Å². The quantitative estimate of drug-likeness (QED) is 0.302. The highest BCUT2D eigenvalue weighted by Gasteiger charge is 2.16. The second-order valence-corrected chi connectivity index (χ2v) is 9.92. The van der Waals surface area contributed by atoms with Gasteiger partial charge in [0.05, 0.1) is 0 Å². The summed E-state index contributed by atoms with van der Waals surface area (Å²) in [6, 6.07) is 27.8. The summed E-state index contributed by atoms with van der Waals surface area (Å²) in [4.78, 5) is 3.79. The van der Waals surface area contributed by atoms with Gasteiger partial charge in [-0.2, -0.15) is 0 Å². The number of thiocarbonyl (C=S) groups is 1. The molecule has 1 aliphatic heterocycles. The number of piperidine rings is 1. The lowest BCUT2D eigenvalue weighted by atomic mass is 9.99. The average molecular weight is 462 g/mol. The van der Waals surface area contributed by atoms with Gasteiger partial charge < -0.3 is 15.5 Å². The molecule has 1 heterocycles. The third kappa shape index (κ3) is 6.75. The van der Waals surface area contributed by atoms with Crippen molar-refractivity contribution in [3.8, 4) is 0 Å². The van der Waals surface area contributed by atoms with Crippen LogP contribution in [0.4, 0.5) is 11.4 Å². The summed E-state index contributed by atoms with van der Waals surface area (Å²) in [6.45, 7) is 5.39. The molecule has 3 aromatic carbocycles. The minimum absolute atomic E-state index is 0.644. The molecule has 3 aromatic rings. The van der Waals surface area contributed by atoms with Crippen LogP contribution >= 0.6 is 24.0 Å². The van der Waals surface area contributed by atoms with Crippen molar-refractivity contribution in [2.24, 2.45) is 5.92 Å². The molecule has 0 spiro atoms. The van der Waals surface area contributed by atoms with Crippen molar-refractivity contribution in [1.29, 1.82) is 0 Å². The first-order chi connectivity index (χ1) is 15.7. The fourth-order valence-corrected chi connectivity index (χ4v) is 5.04. The lowest BCUT2D eigenvalue weighted by Crippen LogP contribution is -2.34.